The highest BCUT2D eigenvalue weighted by molar-refractivity contribution is 6.36. The van der Waals surface area contributed by atoms with Crippen LogP contribution in [-0.2, 0) is 0 Å². The lowest BCUT2D eigenvalue weighted by atomic mass is 10.0. The van der Waals surface area contributed by atoms with Crippen molar-refractivity contribution >= 4 is 39.7 Å². The van der Waals surface area contributed by atoms with Crippen molar-refractivity contribution in [3.05, 3.63) is 71.2 Å². The topological polar surface area (TPSA) is 32.3 Å². The molecule has 3 nitrogen and oxygen atoms in total. The van der Waals surface area contributed by atoms with Gasteiger partial charge in [-0.3, -0.25) is 4.79 Å². The van der Waals surface area contributed by atoms with E-state index in [0.29, 0.717) is 10.6 Å². The number of nitrogens with zero attached hydrogens (tertiary/aromatic N) is 1. The maximum Gasteiger partial charge on any atom is 0.256 e. The second-order valence-electron chi connectivity index (χ2n) is 5.54. The quantitative estimate of drug-likeness (QED) is 0.749. The number of rotatable bonds is 3. The van der Waals surface area contributed by atoms with Gasteiger partial charge in [-0.05, 0) is 41.8 Å². The van der Waals surface area contributed by atoms with Crippen molar-refractivity contribution in [2.24, 2.45) is 0 Å². The fraction of sp³-hybridized carbons (Fsp3) is 0.105. The van der Waals surface area contributed by atoms with Gasteiger partial charge in [-0.1, -0.05) is 35.9 Å². The summed E-state index contributed by atoms with van der Waals surface area (Å²) >= 11 is 6.20. The largest absolute Gasteiger partial charge is 0.378 e. The standard InChI is InChI=1S/C19H17ClN2O/c1-22(2)14-11-9-13(10-12-14)21-19(23)17-7-3-6-16-15(17)5-4-8-18(16)20/h3-12H,1-2H3,(H,21,23). The van der Waals surface area contributed by atoms with E-state index in [0.717, 1.165) is 22.1 Å². The lowest BCUT2D eigenvalue weighted by Gasteiger charge is -2.13. The van der Waals surface area contributed by atoms with E-state index >= 15 is 0 Å². The molecule has 3 aromatic rings. The number of amides is 1. The number of hydrogen-bond acceptors (Lipinski definition) is 2. The van der Waals surface area contributed by atoms with E-state index in [2.05, 4.69) is 5.32 Å². The summed E-state index contributed by atoms with van der Waals surface area (Å²) in [5, 5.41) is 5.31. The van der Waals surface area contributed by atoms with E-state index in [9.17, 15) is 4.79 Å². The molecule has 0 fully saturated rings. The minimum atomic E-state index is -0.143. The van der Waals surface area contributed by atoms with E-state index in [1.807, 2.05) is 79.7 Å². The molecular weight excluding hydrogens is 308 g/mol. The molecule has 0 radical (unpaired) electrons. The normalized spacial score (nSPS) is 10.6. The van der Waals surface area contributed by atoms with Crippen molar-refractivity contribution in [1.82, 2.24) is 0 Å². The van der Waals surface area contributed by atoms with Gasteiger partial charge in [0.1, 0.15) is 0 Å². The number of fused-ring (bicyclic) bond motifs is 1. The van der Waals surface area contributed by atoms with Crippen LogP contribution < -0.4 is 10.2 Å². The Morgan fingerprint density at radius 3 is 2.26 bits per heavy atom. The molecule has 0 aromatic heterocycles. The average Bonchev–Trinajstić information content (AvgIpc) is 2.55. The minimum Gasteiger partial charge on any atom is -0.378 e. The summed E-state index contributed by atoms with van der Waals surface area (Å²) in [6, 6.07) is 18.9. The molecule has 0 aliphatic heterocycles. The van der Waals surface area contributed by atoms with Crippen molar-refractivity contribution in [2.45, 2.75) is 0 Å². The Morgan fingerprint density at radius 2 is 1.57 bits per heavy atom. The molecule has 0 bridgehead atoms. The number of carbonyl (C=O) groups excluding carboxylic acids is 1. The molecule has 0 spiro atoms. The van der Waals surface area contributed by atoms with Crippen molar-refractivity contribution in [2.75, 3.05) is 24.3 Å². The first-order valence-corrected chi connectivity index (χ1v) is 7.70. The third-order valence-corrected chi connectivity index (χ3v) is 4.08. The van der Waals surface area contributed by atoms with Gasteiger partial charge in [0.2, 0.25) is 0 Å². The highest BCUT2D eigenvalue weighted by Gasteiger charge is 2.11. The van der Waals surface area contributed by atoms with Crippen LogP contribution in [0.25, 0.3) is 10.8 Å². The Labute approximate surface area is 140 Å². The first-order chi connectivity index (χ1) is 11.1. The van der Waals surface area contributed by atoms with Gasteiger partial charge in [0.15, 0.2) is 0 Å². The molecule has 0 unspecified atom stereocenters. The SMILES string of the molecule is CN(C)c1ccc(NC(=O)c2cccc3c(Cl)cccc23)cc1. The highest BCUT2D eigenvalue weighted by Crippen LogP contribution is 2.26. The Balaban J connectivity index is 1.90. The van der Waals surface area contributed by atoms with Crippen LogP contribution >= 0.6 is 11.6 Å². The summed E-state index contributed by atoms with van der Waals surface area (Å²) < 4.78 is 0. The molecular formula is C19H17ClN2O. The van der Waals surface area contributed by atoms with Gasteiger partial charge in [-0.25, -0.2) is 0 Å². The van der Waals surface area contributed by atoms with Gasteiger partial charge < -0.3 is 10.2 Å². The van der Waals surface area contributed by atoms with Gasteiger partial charge >= 0.3 is 0 Å². The molecule has 0 saturated heterocycles. The lowest BCUT2D eigenvalue weighted by Crippen LogP contribution is -2.13. The molecule has 3 rings (SSSR count). The van der Waals surface area contributed by atoms with Crippen LogP contribution in [-0.4, -0.2) is 20.0 Å². The Hall–Kier alpha value is -2.52. The van der Waals surface area contributed by atoms with Crippen molar-refractivity contribution < 1.29 is 4.79 Å². The molecule has 0 aliphatic rings. The van der Waals surface area contributed by atoms with Crippen molar-refractivity contribution in [3.8, 4) is 0 Å². The maximum atomic E-state index is 12.6. The zero-order chi connectivity index (χ0) is 16.4. The van der Waals surface area contributed by atoms with Crippen molar-refractivity contribution in [3.63, 3.8) is 0 Å². The monoisotopic (exact) mass is 324 g/mol. The predicted molar refractivity (Wildman–Crippen MR) is 97.7 cm³/mol. The molecule has 4 heteroatoms. The molecule has 0 saturated carbocycles. The van der Waals surface area contributed by atoms with Crippen LogP contribution in [0.2, 0.25) is 5.02 Å². The number of hydrogen-bond donors (Lipinski definition) is 1. The van der Waals surface area contributed by atoms with Gasteiger partial charge in [0, 0.05) is 41.4 Å². The summed E-state index contributed by atoms with van der Waals surface area (Å²) in [6.07, 6.45) is 0. The fourth-order valence-electron chi connectivity index (χ4n) is 2.51. The number of benzene rings is 3. The van der Waals surface area contributed by atoms with E-state index in [1.165, 1.54) is 0 Å². The Kier molecular flexibility index (Phi) is 4.22. The van der Waals surface area contributed by atoms with Crippen LogP contribution in [0.1, 0.15) is 10.4 Å². The van der Waals surface area contributed by atoms with Gasteiger partial charge in [-0.2, -0.15) is 0 Å². The summed E-state index contributed by atoms with van der Waals surface area (Å²) in [5.74, 6) is -0.143. The molecule has 1 N–H and O–H groups in total. The predicted octanol–water partition coefficient (Wildman–Crippen LogP) is 4.81. The Morgan fingerprint density at radius 1 is 0.913 bits per heavy atom. The fourth-order valence-corrected chi connectivity index (χ4v) is 2.75. The molecule has 0 atom stereocenters. The van der Waals surface area contributed by atoms with Crippen LogP contribution in [0, 0.1) is 0 Å². The molecule has 0 heterocycles. The summed E-state index contributed by atoms with van der Waals surface area (Å²) in [4.78, 5) is 14.6. The summed E-state index contributed by atoms with van der Waals surface area (Å²) in [5.41, 5.74) is 2.46. The van der Waals surface area contributed by atoms with Gasteiger partial charge in [0.25, 0.3) is 5.91 Å². The summed E-state index contributed by atoms with van der Waals surface area (Å²) in [6.45, 7) is 0. The first-order valence-electron chi connectivity index (χ1n) is 7.32. The highest BCUT2D eigenvalue weighted by atomic mass is 35.5. The smallest absolute Gasteiger partial charge is 0.256 e. The average molecular weight is 325 g/mol. The molecule has 0 aliphatic carbocycles. The lowest BCUT2D eigenvalue weighted by molar-refractivity contribution is 0.102. The van der Waals surface area contributed by atoms with E-state index in [-0.39, 0.29) is 5.91 Å². The zero-order valence-corrected chi connectivity index (χ0v) is 13.8. The Bertz CT molecular complexity index is 857. The summed E-state index contributed by atoms with van der Waals surface area (Å²) in [7, 11) is 3.96. The minimum absolute atomic E-state index is 0.143. The van der Waals surface area contributed by atoms with Crippen LogP contribution in [0.15, 0.2) is 60.7 Å². The number of nitrogens with one attached hydrogen (secondary N) is 1. The van der Waals surface area contributed by atoms with E-state index in [1.54, 1.807) is 0 Å². The maximum absolute atomic E-state index is 12.6. The molecule has 23 heavy (non-hydrogen) atoms. The third-order valence-electron chi connectivity index (χ3n) is 3.76. The van der Waals surface area contributed by atoms with Crippen LogP contribution in [0.3, 0.4) is 0 Å². The van der Waals surface area contributed by atoms with Gasteiger partial charge in [-0.15, -0.1) is 0 Å². The number of halogens is 1. The van der Waals surface area contributed by atoms with Crippen LogP contribution in [0.4, 0.5) is 11.4 Å². The second-order valence-corrected chi connectivity index (χ2v) is 5.94. The zero-order valence-electron chi connectivity index (χ0n) is 13.0. The third kappa shape index (κ3) is 3.15. The molecule has 116 valence electrons. The van der Waals surface area contributed by atoms with E-state index < -0.39 is 0 Å². The van der Waals surface area contributed by atoms with Crippen LogP contribution in [0.5, 0.6) is 0 Å². The number of carbonyl (C=O) groups is 1. The van der Waals surface area contributed by atoms with Crippen molar-refractivity contribution in [1.29, 1.82) is 0 Å². The van der Waals surface area contributed by atoms with Gasteiger partial charge in [0.05, 0.1) is 0 Å². The first kappa shape index (κ1) is 15.4. The molecule has 1 amide bonds. The second kappa shape index (κ2) is 6.31. The van der Waals surface area contributed by atoms with E-state index in [4.69, 9.17) is 11.6 Å². The number of anilines is 2. The molecule has 3 aromatic carbocycles.